The SMILES string of the molecule is CCN(CC)CCOc1cc(NC(=O)Cc2ccc(-c3ccccc3)cc2)ccc1OC. The van der Waals surface area contributed by atoms with Gasteiger partial charge in [-0.05, 0) is 41.9 Å². The summed E-state index contributed by atoms with van der Waals surface area (Å²) in [6.07, 6.45) is 0.305. The van der Waals surface area contributed by atoms with E-state index < -0.39 is 0 Å². The number of rotatable bonds is 11. The molecular weight excluding hydrogens is 400 g/mol. The molecule has 0 saturated heterocycles. The number of nitrogens with one attached hydrogen (secondary N) is 1. The summed E-state index contributed by atoms with van der Waals surface area (Å²) in [5.41, 5.74) is 3.95. The summed E-state index contributed by atoms with van der Waals surface area (Å²) in [6.45, 7) is 7.64. The molecule has 0 unspecified atom stereocenters. The predicted octanol–water partition coefficient (Wildman–Crippen LogP) is 5.26. The van der Waals surface area contributed by atoms with Gasteiger partial charge in [0.25, 0.3) is 0 Å². The Hall–Kier alpha value is -3.31. The fraction of sp³-hybridized carbons (Fsp3) is 0.296. The van der Waals surface area contributed by atoms with Crippen LogP contribution in [0.2, 0.25) is 0 Å². The largest absolute Gasteiger partial charge is 0.493 e. The van der Waals surface area contributed by atoms with Crippen molar-refractivity contribution in [2.75, 3.05) is 38.7 Å². The maximum atomic E-state index is 12.6. The van der Waals surface area contributed by atoms with E-state index in [0.29, 0.717) is 30.2 Å². The van der Waals surface area contributed by atoms with Crippen LogP contribution in [0.3, 0.4) is 0 Å². The highest BCUT2D eigenvalue weighted by Crippen LogP contribution is 2.30. The molecule has 0 aliphatic rings. The van der Waals surface area contributed by atoms with Gasteiger partial charge in [0.2, 0.25) is 5.91 Å². The topological polar surface area (TPSA) is 50.8 Å². The van der Waals surface area contributed by atoms with Crippen molar-refractivity contribution in [2.45, 2.75) is 20.3 Å². The zero-order valence-corrected chi connectivity index (χ0v) is 19.1. The molecule has 168 valence electrons. The summed E-state index contributed by atoms with van der Waals surface area (Å²) < 4.78 is 11.3. The van der Waals surface area contributed by atoms with Crippen LogP contribution in [0.25, 0.3) is 11.1 Å². The van der Waals surface area contributed by atoms with Gasteiger partial charge in [-0.2, -0.15) is 0 Å². The van der Waals surface area contributed by atoms with Gasteiger partial charge in [0.05, 0.1) is 13.5 Å². The van der Waals surface area contributed by atoms with Gasteiger partial charge in [0.15, 0.2) is 11.5 Å². The fourth-order valence-corrected chi connectivity index (χ4v) is 3.53. The second-order valence-electron chi connectivity index (χ2n) is 7.53. The summed E-state index contributed by atoms with van der Waals surface area (Å²) in [4.78, 5) is 14.9. The lowest BCUT2D eigenvalue weighted by Gasteiger charge is -2.19. The van der Waals surface area contributed by atoms with Crippen molar-refractivity contribution in [2.24, 2.45) is 0 Å². The molecule has 0 atom stereocenters. The molecule has 1 N–H and O–H groups in total. The Morgan fingerprint density at radius 1 is 0.875 bits per heavy atom. The molecule has 3 rings (SSSR count). The Morgan fingerprint density at radius 2 is 1.56 bits per heavy atom. The Balaban J connectivity index is 1.59. The maximum absolute atomic E-state index is 12.6. The average molecular weight is 433 g/mol. The van der Waals surface area contributed by atoms with Crippen LogP contribution in [-0.4, -0.2) is 44.2 Å². The van der Waals surface area contributed by atoms with Gasteiger partial charge in [-0.1, -0.05) is 68.4 Å². The smallest absolute Gasteiger partial charge is 0.228 e. The summed E-state index contributed by atoms with van der Waals surface area (Å²) in [6, 6.07) is 23.7. The molecule has 5 nitrogen and oxygen atoms in total. The normalized spacial score (nSPS) is 10.8. The highest BCUT2D eigenvalue weighted by Gasteiger charge is 2.10. The fourth-order valence-electron chi connectivity index (χ4n) is 3.53. The van der Waals surface area contributed by atoms with Crippen molar-refractivity contribution in [3.63, 3.8) is 0 Å². The van der Waals surface area contributed by atoms with Gasteiger partial charge in [0.1, 0.15) is 6.61 Å². The number of methoxy groups -OCH3 is 1. The Labute approximate surface area is 191 Å². The zero-order valence-electron chi connectivity index (χ0n) is 19.1. The average Bonchev–Trinajstić information content (AvgIpc) is 2.83. The minimum Gasteiger partial charge on any atom is -0.493 e. The number of anilines is 1. The third kappa shape index (κ3) is 6.59. The van der Waals surface area contributed by atoms with Crippen LogP contribution in [-0.2, 0) is 11.2 Å². The molecule has 0 aliphatic heterocycles. The molecule has 3 aromatic carbocycles. The van der Waals surface area contributed by atoms with E-state index in [9.17, 15) is 4.79 Å². The van der Waals surface area contributed by atoms with E-state index >= 15 is 0 Å². The number of carbonyl (C=O) groups excluding carboxylic acids is 1. The summed E-state index contributed by atoms with van der Waals surface area (Å²) >= 11 is 0. The molecule has 1 amide bonds. The van der Waals surface area contributed by atoms with E-state index in [1.807, 2.05) is 60.7 Å². The van der Waals surface area contributed by atoms with E-state index in [1.54, 1.807) is 7.11 Å². The van der Waals surface area contributed by atoms with E-state index in [0.717, 1.165) is 36.3 Å². The number of amides is 1. The number of nitrogens with zero attached hydrogens (tertiary/aromatic N) is 1. The molecule has 3 aromatic rings. The number of hydrogen-bond acceptors (Lipinski definition) is 4. The highest BCUT2D eigenvalue weighted by molar-refractivity contribution is 5.92. The van der Waals surface area contributed by atoms with E-state index in [4.69, 9.17) is 9.47 Å². The lowest BCUT2D eigenvalue weighted by atomic mass is 10.0. The van der Waals surface area contributed by atoms with E-state index in [-0.39, 0.29) is 5.91 Å². The van der Waals surface area contributed by atoms with Crippen LogP contribution in [0.1, 0.15) is 19.4 Å². The maximum Gasteiger partial charge on any atom is 0.228 e. The number of likely N-dealkylation sites (N-methyl/N-ethyl adjacent to an activating group) is 1. The molecule has 0 radical (unpaired) electrons. The minimum atomic E-state index is -0.0725. The first kappa shape index (κ1) is 23.4. The molecule has 0 aromatic heterocycles. The highest BCUT2D eigenvalue weighted by atomic mass is 16.5. The standard InChI is InChI=1S/C27H32N2O3/c1-4-29(5-2)17-18-32-26-20-24(15-16-25(26)31-3)28-27(30)19-21-11-13-23(14-12-21)22-9-7-6-8-10-22/h6-16,20H,4-5,17-19H2,1-3H3,(H,28,30). The third-order valence-electron chi connectivity index (χ3n) is 5.43. The van der Waals surface area contributed by atoms with Gasteiger partial charge < -0.3 is 19.7 Å². The molecule has 0 fully saturated rings. The van der Waals surface area contributed by atoms with Crippen LogP contribution < -0.4 is 14.8 Å². The lowest BCUT2D eigenvalue weighted by molar-refractivity contribution is -0.115. The molecular formula is C27H32N2O3. The third-order valence-corrected chi connectivity index (χ3v) is 5.43. The van der Waals surface area contributed by atoms with Crippen molar-refractivity contribution in [3.8, 4) is 22.6 Å². The van der Waals surface area contributed by atoms with Crippen molar-refractivity contribution < 1.29 is 14.3 Å². The van der Waals surface area contributed by atoms with Crippen LogP contribution in [0.4, 0.5) is 5.69 Å². The summed E-state index contributed by atoms with van der Waals surface area (Å²) in [5, 5.41) is 2.97. The monoisotopic (exact) mass is 432 g/mol. The number of ether oxygens (including phenoxy) is 2. The van der Waals surface area contributed by atoms with E-state index in [2.05, 4.69) is 36.2 Å². The number of carbonyl (C=O) groups is 1. The Morgan fingerprint density at radius 3 is 2.22 bits per heavy atom. The van der Waals surface area contributed by atoms with Gasteiger partial charge >= 0.3 is 0 Å². The first-order chi connectivity index (χ1) is 15.6. The number of benzene rings is 3. The van der Waals surface area contributed by atoms with Crippen LogP contribution in [0.5, 0.6) is 11.5 Å². The first-order valence-electron chi connectivity index (χ1n) is 11.1. The molecule has 0 aliphatic carbocycles. The van der Waals surface area contributed by atoms with Gasteiger partial charge in [-0.25, -0.2) is 0 Å². The van der Waals surface area contributed by atoms with Gasteiger partial charge in [-0.15, -0.1) is 0 Å². The van der Waals surface area contributed by atoms with Crippen molar-refractivity contribution in [1.82, 2.24) is 4.90 Å². The van der Waals surface area contributed by atoms with Crippen molar-refractivity contribution in [3.05, 3.63) is 78.4 Å². The van der Waals surface area contributed by atoms with Gasteiger partial charge in [-0.3, -0.25) is 4.79 Å². The second kappa shape index (κ2) is 11.9. The summed E-state index contributed by atoms with van der Waals surface area (Å²) in [7, 11) is 1.62. The molecule has 0 spiro atoms. The van der Waals surface area contributed by atoms with Crippen molar-refractivity contribution >= 4 is 11.6 Å². The molecule has 5 heteroatoms. The Kier molecular flexibility index (Phi) is 8.70. The lowest BCUT2D eigenvalue weighted by Crippen LogP contribution is -2.28. The van der Waals surface area contributed by atoms with Crippen LogP contribution in [0.15, 0.2) is 72.8 Å². The van der Waals surface area contributed by atoms with Gasteiger partial charge in [0, 0.05) is 18.3 Å². The van der Waals surface area contributed by atoms with Crippen LogP contribution >= 0.6 is 0 Å². The minimum absolute atomic E-state index is 0.0725. The van der Waals surface area contributed by atoms with E-state index in [1.165, 1.54) is 0 Å². The molecule has 0 heterocycles. The second-order valence-corrected chi connectivity index (χ2v) is 7.53. The molecule has 32 heavy (non-hydrogen) atoms. The quantitative estimate of drug-likeness (QED) is 0.449. The molecule has 0 saturated carbocycles. The zero-order chi connectivity index (χ0) is 22.8. The number of hydrogen-bond donors (Lipinski definition) is 1. The Bertz CT molecular complexity index is 984. The first-order valence-corrected chi connectivity index (χ1v) is 11.1. The predicted molar refractivity (Wildman–Crippen MR) is 130 cm³/mol. The van der Waals surface area contributed by atoms with Crippen molar-refractivity contribution in [1.29, 1.82) is 0 Å². The summed E-state index contributed by atoms with van der Waals surface area (Å²) in [5.74, 6) is 1.21. The van der Waals surface area contributed by atoms with Crippen LogP contribution in [0, 0.1) is 0 Å². The molecule has 0 bridgehead atoms.